The topological polar surface area (TPSA) is 66.2 Å². The average Bonchev–Trinajstić information content (AvgIpc) is 2.99. The minimum Gasteiger partial charge on any atom is -0.476 e. The van der Waals surface area contributed by atoms with Crippen LogP contribution < -0.4 is 4.74 Å². The quantitative estimate of drug-likeness (QED) is 0.359. The van der Waals surface area contributed by atoms with Crippen molar-refractivity contribution in [2.24, 2.45) is 5.41 Å². The molecule has 2 aromatic heterocycles. The molecule has 0 atom stereocenters. The molecule has 0 bridgehead atoms. The van der Waals surface area contributed by atoms with Crippen molar-refractivity contribution in [3.8, 4) is 11.7 Å². The standard InChI is InChI=1S/C17H18Cl2F3N3O3/c1-15(2,17(20,21)22)9-27-12-7-8-25(24-12)11-6-5-10(13(18)23-11)14(26)28-16(3,4)19/h5-8H,9H2,1-4H3. The Balaban J connectivity index is 2.13. The number of aromatic nitrogens is 3. The lowest BCUT2D eigenvalue weighted by atomic mass is 9.94. The van der Waals surface area contributed by atoms with Crippen LogP contribution in [0.5, 0.6) is 5.88 Å². The largest absolute Gasteiger partial charge is 0.476 e. The second-order valence-electron chi connectivity index (χ2n) is 7.03. The molecule has 0 aliphatic carbocycles. The van der Waals surface area contributed by atoms with Crippen LogP contribution >= 0.6 is 23.2 Å². The van der Waals surface area contributed by atoms with E-state index in [-0.39, 0.29) is 22.4 Å². The number of carbonyl (C=O) groups excluding carboxylic acids is 1. The summed E-state index contributed by atoms with van der Waals surface area (Å²) in [7, 11) is 0. The first kappa shape index (κ1) is 22.3. The number of esters is 1. The van der Waals surface area contributed by atoms with Crippen molar-refractivity contribution in [1.29, 1.82) is 0 Å². The number of ether oxygens (including phenoxy) is 2. The van der Waals surface area contributed by atoms with E-state index in [0.717, 1.165) is 13.8 Å². The summed E-state index contributed by atoms with van der Waals surface area (Å²) in [6.07, 6.45) is -2.97. The van der Waals surface area contributed by atoms with Crippen LogP contribution in [0, 0.1) is 5.41 Å². The summed E-state index contributed by atoms with van der Waals surface area (Å²) >= 11 is 11.9. The Bertz CT molecular complexity index is 861. The molecule has 0 aliphatic rings. The fourth-order valence-electron chi connectivity index (χ4n) is 1.83. The van der Waals surface area contributed by atoms with E-state index in [1.165, 1.54) is 42.9 Å². The monoisotopic (exact) mass is 439 g/mol. The minimum atomic E-state index is -4.41. The van der Waals surface area contributed by atoms with E-state index >= 15 is 0 Å². The average molecular weight is 440 g/mol. The lowest BCUT2D eigenvalue weighted by Crippen LogP contribution is -2.37. The maximum atomic E-state index is 12.9. The van der Waals surface area contributed by atoms with Gasteiger partial charge >= 0.3 is 12.1 Å². The summed E-state index contributed by atoms with van der Waals surface area (Å²) < 4.78 is 50.1. The first-order chi connectivity index (χ1) is 12.7. The predicted molar refractivity (Wildman–Crippen MR) is 97.0 cm³/mol. The van der Waals surface area contributed by atoms with Crippen molar-refractivity contribution < 1.29 is 27.4 Å². The van der Waals surface area contributed by atoms with Gasteiger partial charge in [0.2, 0.25) is 5.88 Å². The summed E-state index contributed by atoms with van der Waals surface area (Å²) in [6, 6.07) is 4.21. The number of nitrogens with zero attached hydrogens (tertiary/aromatic N) is 3. The number of carbonyl (C=O) groups is 1. The van der Waals surface area contributed by atoms with Gasteiger partial charge in [0, 0.05) is 12.3 Å². The third-order valence-corrected chi connectivity index (χ3v) is 3.90. The highest BCUT2D eigenvalue weighted by Gasteiger charge is 2.48. The molecule has 2 rings (SSSR count). The van der Waals surface area contributed by atoms with Crippen LogP contribution in [0.1, 0.15) is 38.1 Å². The maximum Gasteiger partial charge on any atom is 0.397 e. The number of halogens is 5. The molecule has 2 aromatic rings. The third-order valence-electron chi connectivity index (χ3n) is 3.54. The van der Waals surface area contributed by atoms with Gasteiger partial charge in [-0.2, -0.15) is 13.2 Å². The van der Waals surface area contributed by atoms with E-state index in [9.17, 15) is 18.0 Å². The predicted octanol–water partition coefficient (Wildman–Crippen LogP) is 5.02. The maximum absolute atomic E-state index is 12.9. The number of hydrogen-bond donors (Lipinski definition) is 0. The van der Waals surface area contributed by atoms with Crippen LogP contribution in [0.15, 0.2) is 24.4 Å². The first-order valence-electron chi connectivity index (χ1n) is 8.04. The SMILES string of the molecule is CC(C)(Cl)OC(=O)c1ccc(-n2ccc(OCC(C)(C)C(F)(F)F)n2)nc1Cl. The second-order valence-corrected chi connectivity index (χ2v) is 8.30. The molecule has 0 spiro atoms. The summed E-state index contributed by atoms with van der Waals surface area (Å²) in [6.45, 7) is 4.46. The van der Waals surface area contributed by atoms with Gasteiger partial charge in [-0.25, -0.2) is 14.5 Å². The Morgan fingerprint density at radius 2 is 1.82 bits per heavy atom. The molecular formula is C17H18Cl2F3N3O3. The van der Waals surface area contributed by atoms with Crippen molar-refractivity contribution >= 4 is 29.2 Å². The van der Waals surface area contributed by atoms with E-state index in [4.69, 9.17) is 32.7 Å². The molecule has 0 aromatic carbocycles. The zero-order chi connectivity index (χ0) is 21.3. The molecule has 0 amide bonds. The molecule has 0 saturated heterocycles. The Hall–Kier alpha value is -2.00. The zero-order valence-corrected chi connectivity index (χ0v) is 17.0. The molecule has 0 unspecified atom stereocenters. The van der Waals surface area contributed by atoms with E-state index in [1.54, 1.807) is 0 Å². The van der Waals surface area contributed by atoms with E-state index < -0.39 is 29.2 Å². The summed E-state index contributed by atoms with van der Waals surface area (Å²) in [4.78, 5) is 16.1. The highest BCUT2D eigenvalue weighted by molar-refractivity contribution is 6.32. The normalized spacial score (nSPS) is 12.8. The smallest absolute Gasteiger partial charge is 0.397 e. The molecule has 154 valence electrons. The summed E-state index contributed by atoms with van der Waals surface area (Å²) in [5, 5.41) is 2.66. The Labute approximate surface area is 169 Å². The highest BCUT2D eigenvalue weighted by atomic mass is 35.5. The molecule has 11 heteroatoms. The minimum absolute atomic E-state index is 0.00898. The van der Waals surface area contributed by atoms with Gasteiger partial charge < -0.3 is 9.47 Å². The van der Waals surface area contributed by atoms with Gasteiger partial charge in [-0.1, -0.05) is 23.2 Å². The van der Waals surface area contributed by atoms with Gasteiger partial charge in [0.05, 0.1) is 11.0 Å². The van der Waals surface area contributed by atoms with Crippen molar-refractivity contribution in [2.75, 3.05) is 6.61 Å². The van der Waals surface area contributed by atoms with Crippen molar-refractivity contribution in [2.45, 2.75) is 38.9 Å². The zero-order valence-electron chi connectivity index (χ0n) is 15.5. The number of rotatable bonds is 6. The Morgan fingerprint density at radius 3 is 2.36 bits per heavy atom. The fraction of sp³-hybridized carbons (Fsp3) is 0.471. The molecule has 0 N–H and O–H groups in total. The molecule has 6 nitrogen and oxygen atoms in total. The number of pyridine rings is 1. The van der Waals surface area contributed by atoms with E-state index in [2.05, 4.69) is 10.1 Å². The lowest BCUT2D eigenvalue weighted by Gasteiger charge is -2.26. The molecular weight excluding hydrogens is 422 g/mol. The fourth-order valence-corrected chi connectivity index (χ4v) is 2.12. The molecule has 0 radical (unpaired) electrons. The summed E-state index contributed by atoms with van der Waals surface area (Å²) in [5.41, 5.74) is -2.02. The third kappa shape index (κ3) is 5.51. The van der Waals surface area contributed by atoms with Gasteiger partial charge in [0.25, 0.3) is 0 Å². The molecule has 0 aliphatic heterocycles. The lowest BCUT2D eigenvalue weighted by molar-refractivity contribution is -0.219. The Morgan fingerprint density at radius 1 is 1.18 bits per heavy atom. The summed E-state index contributed by atoms with van der Waals surface area (Å²) in [5.74, 6) is -0.526. The van der Waals surface area contributed by atoms with Crippen molar-refractivity contribution in [3.05, 3.63) is 35.1 Å². The number of hydrogen-bond acceptors (Lipinski definition) is 5. The van der Waals surface area contributed by atoms with Crippen LogP contribution in [0.2, 0.25) is 5.15 Å². The molecule has 2 heterocycles. The second kappa shape index (κ2) is 7.79. The van der Waals surface area contributed by atoms with E-state index in [1.807, 2.05) is 0 Å². The van der Waals surface area contributed by atoms with Crippen LogP contribution in [0.25, 0.3) is 5.82 Å². The van der Waals surface area contributed by atoms with Crippen LogP contribution in [-0.2, 0) is 4.74 Å². The van der Waals surface area contributed by atoms with Crippen molar-refractivity contribution in [3.63, 3.8) is 0 Å². The van der Waals surface area contributed by atoms with Crippen LogP contribution in [0.4, 0.5) is 13.2 Å². The molecule has 28 heavy (non-hydrogen) atoms. The molecule has 0 saturated carbocycles. The van der Waals surface area contributed by atoms with Crippen LogP contribution in [-0.4, -0.2) is 38.6 Å². The first-order valence-corrected chi connectivity index (χ1v) is 8.79. The number of alkyl halides is 4. The molecule has 0 fully saturated rings. The van der Waals surface area contributed by atoms with Gasteiger partial charge in [0.15, 0.2) is 10.9 Å². The van der Waals surface area contributed by atoms with Crippen LogP contribution in [0.3, 0.4) is 0 Å². The van der Waals surface area contributed by atoms with Gasteiger partial charge in [-0.05, 0) is 39.8 Å². The van der Waals surface area contributed by atoms with Gasteiger partial charge in [-0.15, -0.1) is 5.10 Å². The Kier molecular flexibility index (Phi) is 6.20. The van der Waals surface area contributed by atoms with Crippen molar-refractivity contribution in [1.82, 2.24) is 14.8 Å². The van der Waals surface area contributed by atoms with Gasteiger partial charge in [-0.3, -0.25) is 0 Å². The van der Waals surface area contributed by atoms with E-state index in [0.29, 0.717) is 0 Å². The van der Waals surface area contributed by atoms with Gasteiger partial charge in [0.1, 0.15) is 11.8 Å². The highest BCUT2D eigenvalue weighted by Crippen LogP contribution is 2.37.